The molecule has 4 N–H and O–H groups in total. The van der Waals surface area contributed by atoms with Gasteiger partial charge in [0.25, 0.3) is 11.9 Å². The number of fused-ring (bicyclic) bond motifs is 1. The molecule has 3 amide bonds. The average molecular weight is 649 g/mol. The van der Waals surface area contributed by atoms with Gasteiger partial charge in [0.05, 0.1) is 30.0 Å². The maximum atomic E-state index is 14.0. The normalized spacial score (nSPS) is 19.9. The van der Waals surface area contributed by atoms with E-state index in [0.717, 1.165) is 43.9 Å². The Labute approximate surface area is 275 Å². The number of rotatable bonds is 5. The SMILES string of the molecule is CC(=O)O.Cc1nc2n(n1)CCN(C(=O)c1cn[nH]c1C1CCCCC1)CCCC(=O)N[C@@H](Cc1ccccc1)C(=O)N[C@@H]2C(C)C. The third-order valence-corrected chi connectivity index (χ3v) is 8.60. The van der Waals surface area contributed by atoms with E-state index < -0.39 is 18.1 Å². The maximum absolute atomic E-state index is 14.0. The van der Waals surface area contributed by atoms with Gasteiger partial charge in [-0.3, -0.25) is 24.3 Å². The van der Waals surface area contributed by atoms with E-state index in [0.29, 0.717) is 55.6 Å². The van der Waals surface area contributed by atoms with Crippen LogP contribution in [0, 0.1) is 12.8 Å². The van der Waals surface area contributed by atoms with Crippen molar-refractivity contribution >= 4 is 23.7 Å². The molecule has 3 aromatic rings. The summed E-state index contributed by atoms with van der Waals surface area (Å²) < 4.78 is 1.81. The molecule has 13 nitrogen and oxygen atoms in total. The van der Waals surface area contributed by atoms with E-state index in [1.807, 2.05) is 55.8 Å². The van der Waals surface area contributed by atoms with Gasteiger partial charge in [-0.2, -0.15) is 10.2 Å². The van der Waals surface area contributed by atoms with Crippen LogP contribution in [-0.2, 0) is 27.3 Å². The van der Waals surface area contributed by atoms with Gasteiger partial charge in [-0.1, -0.05) is 63.4 Å². The zero-order valence-corrected chi connectivity index (χ0v) is 27.9. The molecule has 2 aromatic heterocycles. The third kappa shape index (κ3) is 9.97. The van der Waals surface area contributed by atoms with E-state index >= 15 is 0 Å². The minimum atomic E-state index is -0.833. The zero-order valence-electron chi connectivity index (χ0n) is 27.9. The Kier molecular flexibility index (Phi) is 12.7. The fourth-order valence-corrected chi connectivity index (χ4v) is 6.28. The van der Waals surface area contributed by atoms with Crippen LogP contribution in [0.2, 0.25) is 0 Å². The zero-order chi connectivity index (χ0) is 33.9. The van der Waals surface area contributed by atoms with Crippen LogP contribution in [0.15, 0.2) is 36.5 Å². The highest BCUT2D eigenvalue weighted by atomic mass is 16.4. The molecule has 254 valence electrons. The Bertz CT molecular complexity index is 1490. The van der Waals surface area contributed by atoms with E-state index in [4.69, 9.17) is 14.9 Å². The summed E-state index contributed by atoms with van der Waals surface area (Å²) in [5.41, 5.74) is 2.49. The summed E-state index contributed by atoms with van der Waals surface area (Å²) in [7, 11) is 0. The molecule has 1 aromatic carbocycles. The smallest absolute Gasteiger partial charge is 0.300 e. The number of amides is 3. The van der Waals surface area contributed by atoms with Gasteiger partial charge in [0, 0.05) is 38.8 Å². The highest BCUT2D eigenvalue weighted by Crippen LogP contribution is 2.33. The highest BCUT2D eigenvalue weighted by Gasteiger charge is 2.31. The molecule has 1 aliphatic carbocycles. The Balaban J connectivity index is 0.00000118. The first-order valence-corrected chi connectivity index (χ1v) is 16.6. The number of carboxylic acid groups (broad SMARTS) is 1. The molecule has 3 heterocycles. The minimum Gasteiger partial charge on any atom is -0.481 e. The summed E-state index contributed by atoms with van der Waals surface area (Å²) in [6.45, 7) is 8.16. The van der Waals surface area contributed by atoms with Crippen molar-refractivity contribution in [1.82, 2.24) is 40.5 Å². The number of carboxylic acids is 1. The number of nitrogens with zero attached hydrogens (tertiary/aromatic N) is 5. The molecule has 1 aliphatic heterocycles. The van der Waals surface area contributed by atoms with Crippen LogP contribution in [0.1, 0.15) is 111 Å². The first-order valence-electron chi connectivity index (χ1n) is 16.6. The van der Waals surface area contributed by atoms with Crippen molar-refractivity contribution in [1.29, 1.82) is 0 Å². The Morgan fingerprint density at radius 2 is 1.70 bits per heavy atom. The molecule has 0 saturated heterocycles. The number of aliphatic carboxylic acids is 1. The van der Waals surface area contributed by atoms with E-state index in [1.165, 1.54) is 6.42 Å². The highest BCUT2D eigenvalue weighted by molar-refractivity contribution is 5.95. The second-order valence-corrected chi connectivity index (χ2v) is 12.7. The van der Waals surface area contributed by atoms with Gasteiger partial charge < -0.3 is 20.6 Å². The van der Waals surface area contributed by atoms with Crippen LogP contribution in [0.25, 0.3) is 0 Å². The molecular weight excluding hydrogens is 600 g/mol. The second-order valence-electron chi connectivity index (χ2n) is 12.7. The lowest BCUT2D eigenvalue weighted by Crippen LogP contribution is -2.50. The van der Waals surface area contributed by atoms with Gasteiger partial charge in [-0.05, 0) is 37.7 Å². The number of aromatic amines is 1. The lowest BCUT2D eigenvalue weighted by Gasteiger charge is -2.28. The van der Waals surface area contributed by atoms with Gasteiger partial charge in [-0.15, -0.1) is 0 Å². The standard InChI is InChI=1S/C32H44N8O3.C2H4O2/c1-21(2)28-30-34-22(3)38-40(30)18-17-39(32(43)25-20-33-37-29(25)24-13-8-5-9-14-24)16-10-15-27(41)35-26(31(42)36-28)19-23-11-6-4-7-12-23;1-2(3)4/h4,6-7,11-12,20-21,24,26,28H,5,8-10,13-19H2,1-3H3,(H,33,37)(H,35,41)(H,36,42);1H3,(H,3,4)/t26-,28+;/m0./s1. The predicted octanol–water partition coefficient (Wildman–Crippen LogP) is 3.93. The molecule has 2 atom stereocenters. The molecule has 13 heteroatoms. The van der Waals surface area contributed by atoms with Crippen LogP contribution in [0.5, 0.6) is 0 Å². The lowest BCUT2D eigenvalue weighted by molar-refractivity contribution is -0.134. The van der Waals surface area contributed by atoms with E-state index in [-0.39, 0.29) is 30.1 Å². The monoisotopic (exact) mass is 648 g/mol. The topological polar surface area (TPSA) is 175 Å². The Morgan fingerprint density at radius 1 is 1.00 bits per heavy atom. The van der Waals surface area contributed by atoms with Crippen molar-refractivity contribution in [2.24, 2.45) is 5.92 Å². The molecule has 0 spiro atoms. The number of carbonyl (C=O) groups excluding carboxylic acids is 3. The summed E-state index contributed by atoms with van der Waals surface area (Å²) in [5, 5.41) is 25.6. The number of carbonyl (C=O) groups is 4. The van der Waals surface area contributed by atoms with Crippen molar-refractivity contribution in [3.63, 3.8) is 0 Å². The average Bonchev–Trinajstić information content (AvgIpc) is 3.67. The number of hydrogen-bond donors (Lipinski definition) is 4. The predicted molar refractivity (Wildman–Crippen MR) is 175 cm³/mol. The van der Waals surface area contributed by atoms with Crippen molar-refractivity contribution in [2.45, 2.75) is 104 Å². The fourth-order valence-electron chi connectivity index (χ4n) is 6.28. The summed E-state index contributed by atoms with van der Waals surface area (Å²) in [5.74, 6) is 0.160. The summed E-state index contributed by atoms with van der Waals surface area (Å²) in [6, 6.07) is 8.49. The number of aryl methyl sites for hydroxylation is 1. The summed E-state index contributed by atoms with van der Waals surface area (Å²) in [4.78, 5) is 56.3. The molecule has 0 radical (unpaired) electrons. The third-order valence-electron chi connectivity index (χ3n) is 8.60. The molecule has 1 fully saturated rings. The fraction of sp³-hybridized carbons (Fsp3) is 0.559. The maximum Gasteiger partial charge on any atom is 0.300 e. The first kappa shape index (κ1) is 35.3. The second kappa shape index (κ2) is 16.8. The van der Waals surface area contributed by atoms with Crippen molar-refractivity contribution in [3.05, 3.63) is 65.0 Å². The van der Waals surface area contributed by atoms with Gasteiger partial charge in [0.1, 0.15) is 17.7 Å². The van der Waals surface area contributed by atoms with Crippen molar-refractivity contribution in [2.75, 3.05) is 13.1 Å². The van der Waals surface area contributed by atoms with Gasteiger partial charge in [-0.25, -0.2) is 9.67 Å². The molecule has 0 bridgehead atoms. The molecule has 2 aliphatic rings. The van der Waals surface area contributed by atoms with Crippen molar-refractivity contribution < 1.29 is 24.3 Å². The molecule has 5 rings (SSSR count). The van der Waals surface area contributed by atoms with Crippen molar-refractivity contribution in [3.8, 4) is 0 Å². The number of aromatic nitrogens is 5. The van der Waals surface area contributed by atoms with Crippen LogP contribution in [-0.4, -0.2) is 77.8 Å². The largest absolute Gasteiger partial charge is 0.481 e. The van der Waals surface area contributed by atoms with E-state index in [1.54, 1.807) is 11.1 Å². The number of H-pyrrole nitrogens is 1. The Hall–Kier alpha value is -4.55. The summed E-state index contributed by atoms with van der Waals surface area (Å²) in [6.07, 6.45) is 8.32. The van der Waals surface area contributed by atoms with E-state index in [2.05, 4.69) is 25.9 Å². The molecule has 0 unspecified atom stereocenters. The number of benzene rings is 1. The van der Waals surface area contributed by atoms with Crippen LogP contribution < -0.4 is 10.6 Å². The van der Waals surface area contributed by atoms with Crippen LogP contribution in [0.3, 0.4) is 0 Å². The molecular formula is C34H48N8O5. The van der Waals surface area contributed by atoms with Gasteiger partial charge in [0.2, 0.25) is 11.8 Å². The van der Waals surface area contributed by atoms with Gasteiger partial charge >= 0.3 is 0 Å². The van der Waals surface area contributed by atoms with E-state index in [9.17, 15) is 14.4 Å². The summed E-state index contributed by atoms with van der Waals surface area (Å²) >= 11 is 0. The quantitative estimate of drug-likeness (QED) is 0.322. The lowest BCUT2D eigenvalue weighted by atomic mass is 9.85. The number of nitrogens with one attached hydrogen (secondary N) is 3. The Morgan fingerprint density at radius 3 is 2.38 bits per heavy atom. The van der Waals surface area contributed by atoms with Crippen LogP contribution in [0.4, 0.5) is 0 Å². The van der Waals surface area contributed by atoms with Crippen LogP contribution >= 0.6 is 0 Å². The molecule has 47 heavy (non-hydrogen) atoms. The first-order chi connectivity index (χ1) is 22.5. The molecule has 1 saturated carbocycles. The minimum absolute atomic E-state index is 0.00833. The number of hydrogen-bond acceptors (Lipinski definition) is 7. The van der Waals surface area contributed by atoms with Gasteiger partial charge in [0.15, 0.2) is 0 Å².